The van der Waals surface area contributed by atoms with Gasteiger partial charge in [0.25, 0.3) is 11.8 Å². The van der Waals surface area contributed by atoms with Gasteiger partial charge in [-0.05, 0) is 36.2 Å². The van der Waals surface area contributed by atoms with Crippen molar-refractivity contribution in [3.05, 3.63) is 59.6 Å². The van der Waals surface area contributed by atoms with Gasteiger partial charge >= 0.3 is 0 Å². The fourth-order valence-corrected chi connectivity index (χ4v) is 5.28. The maximum Gasteiger partial charge on any atom is 0.255 e. The van der Waals surface area contributed by atoms with Gasteiger partial charge in [0.05, 0.1) is 20.3 Å². The quantitative estimate of drug-likeness (QED) is 0.334. The van der Waals surface area contributed by atoms with E-state index in [-0.39, 0.29) is 25.1 Å². The molecule has 2 aliphatic rings. The molecule has 0 unspecified atom stereocenters. The lowest BCUT2D eigenvalue weighted by atomic mass is 9.95. The second kappa shape index (κ2) is 11.5. The third-order valence-electron chi connectivity index (χ3n) is 7.47. The summed E-state index contributed by atoms with van der Waals surface area (Å²) in [6.07, 6.45) is 10.4. The van der Waals surface area contributed by atoms with Crippen molar-refractivity contribution in [1.29, 1.82) is 0 Å². The molecule has 38 heavy (non-hydrogen) atoms. The fourth-order valence-electron chi connectivity index (χ4n) is 5.28. The number of nitrogens with zero attached hydrogens (tertiary/aromatic N) is 3. The molecule has 1 fully saturated rings. The van der Waals surface area contributed by atoms with Gasteiger partial charge in [-0.25, -0.2) is 0 Å². The summed E-state index contributed by atoms with van der Waals surface area (Å²) in [5.74, 6) is 0.782. The molecule has 1 N–H and O–H groups in total. The number of nitrogens with one attached hydrogen (secondary N) is 1. The number of pyridine rings is 1. The molecule has 0 bridgehead atoms. The van der Waals surface area contributed by atoms with Crippen LogP contribution in [0.1, 0.15) is 67.1 Å². The lowest BCUT2D eigenvalue weighted by Crippen LogP contribution is -2.52. The highest BCUT2D eigenvalue weighted by atomic mass is 16.5. The average Bonchev–Trinajstić information content (AvgIpc) is 3.60. The summed E-state index contributed by atoms with van der Waals surface area (Å²) in [6, 6.07) is 9.11. The standard InChI is InChI=1S/C29H36N4O5/c1-3-4-5-6-7-8-13-37-20-33-19-31-29(28(33)35,26-14-22-16-30-12-11-25(22)38-26)18-32-17-21-9-10-23(36-2)15-24(21)27(32)34/h9-12,14-16,31H,3-8,13,17-20H2,1-2H3/t29-/m0/s1. The largest absolute Gasteiger partial charge is 0.497 e. The van der Waals surface area contributed by atoms with Crippen LogP contribution in [-0.2, 0) is 21.6 Å². The number of carbonyl (C=O) groups is 2. The van der Waals surface area contributed by atoms with Gasteiger partial charge in [0.1, 0.15) is 23.8 Å². The number of ether oxygens (including phenoxy) is 2. The molecule has 4 heterocycles. The highest BCUT2D eigenvalue weighted by Gasteiger charge is 2.53. The monoisotopic (exact) mass is 520 g/mol. The minimum atomic E-state index is -1.23. The van der Waals surface area contributed by atoms with E-state index in [0.717, 1.165) is 23.8 Å². The average molecular weight is 521 g/mol. The number of fused-ring (bicyclic) bond motifs is 2. The molecule has 9 heteroatoms. The first-order valence-electron chi connectivity index (χ1n) is 13.5. The van der Waals surface area contributed by atoms with Crippen molar-refractivity contribution < 1.29 is 23.5 Å². The molecular weight excluding hydrogens is 484 g/mol. The maximum atomic E-state index is 14.0. The molecule has 0 radical (unpaired) electrons. The van der Waals surface area contributed by atoms with Gasteiger partial charge in [0.15, 0.2) is 5.54 Å². The van der Waals surface area contributed by atoms with E-state index >= 15 is 0 Å². The Labute approximate surface area is 223 Å². The van der Waals surface area contributed by atoms with Crippen LogP contribution in [0.5, 0.6) is 5.75 Å². The van der Waals surface area contributed by atoms with E-state index in [4.69, 9.17) is 13.9 Å². The van der Waals surface area contributed by atoms with Crippen molar-refractivity contribution in [1.82, 2.24) is 20.1 Å². The molecule has 0 spiro atoms. The highest BCUT2D eigenvalue weighted by molar-refractivity contribution is 6.00. The molecule has 0 saturated carbocycles. The first-order chi connectivity index (χ1) is 18.6. The van der Waals surface area contributed by atoms with Crippen LogP contribution in [0.15, 0.2) is 47.1 Å². The Bertz CT molecular complexity index is 1260. The molecular formula is C29H36N4O5. The van der Waals surface area contributed by atoms with Gasteiger partial charge in [-0.2, -0.15) is 0 Å². The molecule has 202 valence electrons. The van der Waals surface area contributed by atoms with E-state index in [1.54, 1.807) is 41.4 Å². The molecule has 1 saturated heterocycles. The van der Waals surface area contributed by atoms with Crippen LogP contribution >= 0.6 is 0 Å². The predicted molar refractivity (Wildman–Crippen MR) is 142 cm³/mol. The molecule has 2 aromatic heterocycles. The van der Waals surface area contributed by atoms with Gasteiger partial charge in [-0.3, -0.25) is 19.9 Å². The summed E-state index contributed by atoms with van der Waals surface area (Å²) in [5, 5.41) is 4.18. The number of amides is 2. The summed E-state index contributed by atoms with van der Waals surface area (Å²) in [6.45, 7) is 3.85. The van der Waals surface area contributed by atoms with Crippen molar-refractivity contribution in [2.24, 2.45) is 0 Å². The van der Waals surface area contributed by atoms with Gasteiger partial charge in [-0.15, -0.1) is 0 Å². The van der Waals surface area contributed by atoms with Crippen LogP contribution < -0.4 is 10.1 Å². The number of hydrogen-bond acceptors (Lipinski definition) is 7. The summed E-state index contributed by atoms with van der Waals surface area (Å²) < 4.78 is 17.4. The van der Waals surface area contributed by atoms with Crippen molar-refractivity contribution in [3.63, 3.8) is 0 Å². The summed E-state index contributed by atoms with van der Waals surface area (Å²) in [5.41, 5.74) is 0.911. The Morgan fingerprint density at radius 1 is 1.08 bits per heavy atom. The SMILES string of the molecule is CCCCCCCCOCN1CN[C@@](CN2Cc3ccc(OC)cc3C2=O)(c2cc3cnccc3o2)C1=O. The van der Waals surface area contributed by atoms with E-state index in [9.17, 15) is 9.59 Å². The van der Waals surface area contributed by atoms with Crippen LogP contribution in [0.3, 0.4) is 0 Å². The van der Waals surface area contributed by atoms with Gasteiger partial charge in [-0.1, -0.05) is 45.1 Å². The van der Waals surface area contributed by atoms with Gasteiger partial charge < -0.3 is 23.7 Å². The molecule has 3 aromatic rings. The summed E-state index contributed by atoms with van der Waals surface area (Å²) in [4.78, 5) is 34.9. The second-order valence-electron chi connectivity index (χ2n) is 10.1. The number of carbonyl (C=O) groups excluding carboxylic acids is 2. The van der Waals surface area contributed by atoms with E-state index < -0.39 is 5.54 Å². The zero-order valence-electron chi connectivity index (χ0n) is 22.2. The Balaban J connectivity index is 1.32. The molecule has 5 rings (SSSR count). The van der Waals surface area contributed by atoms with Gasteiger partial charge in [0, 0.05) is 36.5 Å². The Morgan fingerprint density at radius 2 is 1.92 bits per heavy atom. The minimum Gasteiger partial charge on any atom is -0.497 e. The molecule has 9 nitrogen and oxygen atoms in total. The third kappa shape index (κ3) is 5.13. The number of rotatable bonds is 13. The van der Waals surface area contributed by atoms with Crippen LogP contribution in [0.25, 0.3) is 11.0 Å². The Morgan fingerprint density at radius 3 is 2.74 bits per heavy atom. The summed E-state index contributed by atoms with van der Waals surface area (Å²) in [7, 11) is 1.58. The maximum absolute atomic E-state index is 14.0. The van der Waals surface area contributed by atoms with E-state index in [0.29, 0.717) is 42.5 Å². The number of unbranched alkanes of at least 4 members (excludes halogenated alkanes) is 5. The predicted octanol–water partition coefficient (Wildman–Crippen LogP) is 4.41. The van der Waals surface area contributed by atoms with Crippen molar-refractivity contribution in [3.8, 4) is 5.75 Å². The first kappa shape index (κ1) is 26.2. The second-order valence-corrected chi connectivity index (χ2v) is 10.1. The number of hydrogen-bond donors (Lipinski definition) is 1. The molecule has 1 aromatic carbocycles. The van der Waals surface area contributed by atoms with Gasteiger partial charge in [0.2, 0.25) is 0 Å². The van der Waals surface area contributed by atoms with Crippen LogP contribution in [0, 0.1) is 0 Å². The minimum absolute atomic E-state index is 0.128. The van der Waals surface area contributed by atoms with E-state index in [2.05, 4.69) is 17.2 Å². The highest BCUT2D eigenvalue weighted by Crippen LogP contribution is 2.36. The topological polar surface area (TPSA) is 97.1 Å². The zero-order chi connectivity index (χ0) is 26.5. The molecule has 2 amide bonds. The smallest absolute Gasteiger partial charge is 0.255 e. The Hall–Kier alpha value is -3.43. The number of benzene rings is 1. The van der Waals surface area contributed by atoms with Crippen LogP contribution in [0.2, 0.25) is 0 Å². The lowest BCUT2D eigenvalue weighted by molar-refractivity contribution is -0.138. The first-order valence-corrected chi connectivity index (χ1v) is 13.5. The van der Waals surface area contributed by atoms with Crippen molar-refractivity contribution >= 4 is 22.8 Å². The normalized spacial score (nSPS) is 19.1. The van der Waals surface area contributed by atoms with Crippen LogP contribution in [-0.4, -0.2) is 60.3 Å². The third-order valence-corrected chi connectivity index (χ3v) is 7.47. The van der Waals surface area contributed by atoms with E-state index in [1.807, 2.05) is 18.2 Å². The van der Waals surface area contributed by atoms with Crippen molar-refractivity contribution in [2.45, 2.75) is 57.5 Å². The molecule has 1 atom stereocenters. The summed E-state index contributed by atoms with van der Waals surface area (Å²) >= 11 is 0. The van der Waals surface area contributed by atoms with E-state index in [1.165, 1.54) is 25.7 Å². The number of methoxy groups -OCH3 is 1. The lowest BCUT2D eigenvalue weighted by Gasteiger charge is -2.30. The van der Waals surface area contributed by atoms with Crippen LogP contribution in [0.4, 0.5) is 0 Å². The zero-order valence-corrected chi connectivity index (χ0v) is 22.2. The molecule has 2 aliphatic heterocycles. The van der Waals surface area contributed by atoms with Crippen molar-refractivity contribution in [2.75, 3.05) is 33.7 Å². The molecule has 0 aliphatic carbocycles. The fraction of sp³-hybridized carbons (Fsp3) is 0.483. The Kier molecular flexibility index (Phi) is 7.95. The number of aromatic nitrogens is 1. The number of furan rings is 1.